The molecule has 4 rings (SSSR count). The molecular formula is C19H19Cl2F3N4O4. The van der Waals surface area contributed by atoms with Gasteiger partial charge in [-0.1, -0.05) is 23.2 Å². The Hall–Kier alpha value is -2.40. The number of piperidine rings is 1. The molecule has 2 aromatic heterocycles. The van der Waals surface area contributed by atoms with Gasteiger partial charge in [0.2, 0.25) is 0 Å². The number of cyclic esters (lactones) is 1. The Morgan fingerprint density at radius 2 is 1.94 bits per heavy atom. The van der Waals surface area contributed by atoms with Gasteiger partial charge in [0.05, 0.1) is 13.2 Å². The zero-order valence-electron chi connectivity index (χ0n) is 16.9. The average Bonchev–Trinajstić information content (AvgIpc) is 3.32. The molecule has 2 saturated heterocycles. The molecule has 0 atom stereocenters. The van der Waals surface area contributed by atoms with Gasteiger partial charge in [0.25, 0.3) is 5.91 Å². The molecule has 0 bridgehead atoms. The van der Waals surface area contributed by atoms with Gasteiger partial charge in [0.1, 0.15) is 27.9 Å². The molecule has 0 saturated carbocycles. The van der Waals surface area contributed by atoms with Crippen LogP contribution in [-0.2, 0) is 10.9 Å². The van der Waals surface area contributed by atoms with Crippen LogP contribution in [0.4, 0.5) is 18.0 Å². The summed E-state index contributed by atoms with van der Waals surface area (Å²) in [5, 5.41) is 3.43. The Bertz CT molecular complexity index is 1070. The highest BCUT2D eigenvalue weighted by atomic mass is 35.5. The van der Waals surface area contributed by atoms with Gasteiger partial charge in [0.15, 0.2) is 11.4 Å². The largest absolute Gasteiger partial charge is 0.492 e. The first-order valence-corrected chi connectivity index (χ1v) is 10.7. The molecule has 2 amide bonds. The van der Waals surface area contributed by atoms with Crippen molar-refractivity contribution in [1.29, 1.82) is 0 Å². The Labute approximate surface area is 190 Å². The SMILES string of the molecule is CCOc1cc(C(F)(F)F)n2nc(C(=O)N3CCC(N4CCOC4=O)CC3)c(Cl)c2c1Cl. The number of hydrogen-bond acceptors (Lipinski definition) is 5. The van der Waals surface area contributed by atoms with Gasteiger partial charge in [-0.15, -0.1) is 0 Å². The molecule has 0 aromatic carbocycles. The fourth-order valence-corrected chi connectivity index (χ4v) is 4.62. The third kappa shape index (κ3) is 3.92. The summed E-state index contributed by atoms with van der Waals surface area (Å²) in [6, 6.07) is 0.669. The average molecular weight is 495 g/mol. The number of fused-ring (bicyclic) bond motifs is 1. The number of halogens is 5. The standard InChI is InChI=1S/C19H19Cl2F3N4O4/c1-2-31-11-9-12(19(22,23)24)28-16(13(11)20)14(21)15(25-28)17(29)26-5-3-10(4-6-26)27-7-8-32-18(27)30/h9-10H,2-8H2,1H3. The topological polar surface area (TPSA) is 76.4 Å². The number of likely N-dealkylation sites (tertiary alicyclic amines) is 1. The second-order valence-corrected chi connectivity index (χ2v) is 8.15. The van der Waals surface area contributed by atoms with Gasteiger partial charge in [-0.3, -0.25) is 4.79 Å². The van der Waals surface area contributed by atoms with Gasteiger partial charge in [-0.2, -0.15) is 18.3 Å². The Balaban J connectivity index is 1.64. The first-order chi connectivity index (χ1) is 15.1. The number of alkyl halides is 3. The van der Waals surface area contributed by atoms with Crippen molar-refractivity contribution in [3.63, 3.8) is 0 Å². The highest BCUT2D eigenvalue weighted by Crippen LogP contribution is 2.41. The molecular weight excluding hydrogens is 476 g/mol. The highest BCUT2D eigenvalue weighted by molar-refractivity contribution is 6.42. The van der Waals surface area contributed by atoms with E-state index >= 15 is 0 Å². The molecule has 0 aliphatic carbocycles. The minimum absolute atomic E-state index is 0.0642. The van der Waals surface area contributed by atoms with Crippen LogP contribution >= 0.6 is 23.2 Å². The number of nitrogens with zero attached hydrogens (tertiary/aromatic N) is 4. The number of pyridine rings is 1. The van der Waals surface area contributed by atoms with Crippen LogP contribution in [0.1, 0.15) is 35.9 Å². The van der Waals surface area contributed by atoms with Crippen molar-refractivity contribution in [2.75, 3.05) is 32.8 Å². The maximum absolute atomic E-state index is 13.6. The Morgan fingerprint density at radius 3 is 2.50 bits per heavy atom. The van der Waals surface area contributed by atoms with E-state index in [1.807, 2.05) is 0 Å². The third-order valence-corrected chi connectivity index (χ3v) is 6.25. The first kappa shape index (κ1) is 22.8. The lowest BCUT2D eigenvalue weighted by Gasteiger charge is -2.35. The lowest BCUT2D eigenvalue weighted by atomic mass is 10.0. The Kier molecular flexibility index (Phi) is 6.06. The van der Waals surface area contributed by atoms with Crippen LogP contribution in [0, 0.1) is 0 Å². The van der Waals surface area contributed by atoms with Gasteiger partial charge in [-0.25, -0.2) is 9.31 Å². The fourth-order valence-electron chi connectivity index (χ4n) is 3.99. The van der Waals surface area contributed by atoms with Gasteiger partial charge in [-0.05, 0) is 19.8 Å². The minimum Gasteiger partial charge on any atom is -0.492 e. The summed E-state index contributed by atoms with van der Waals surface area (Å²) in [4.78, 5) is 27.9. The molecule has 2 aliphatic heterocycles. The van der Waals surface area contributed by atoms with Crippen LogP contribution < -0.4 is 4.74 Å². The third-order valence-electron chi connectivity index (χ3n) is 5.53. The van der Waals surface area contributed by atoms with Crippen molar-refractivity contribution in [2.24, 2.45) is 0 Å². The van der Waals surface area contributed by atoms with E-state index in [0.717, 1.165) is 6.07 Å². The molecule has 13 heteroatoms. The number of rotatable bonds is 4. The van der Waals surface area contributed by atoms with Crippen LogP contribution in [0.25, 0.3) is 5.52 Å². The van der Waals surface area contributed by atoms with Crippen molar-refractivity contribution in [2.45, 2.75) is 32.0 Å². The zero-order chi connectivity index (χ0) is 23.2. The van der Waals surface area contributed by atoms with Crippen molar-refractivity contribution in [1.82, 2.24) is 19.4 Å². The molecule has 2 fully saturated rings. The maximum atomic E-state index is 13.6. The van der Waals surface area contributed by atoms with Crippen molar-refractivity contribution in [3.8, 4) is 5.75 Å². The molecule has 2 aromatic rings. The summed E-state index contributed by atoms with van der Waals surface area (Å²) in [6.45, 7) is 3.11. The lowest BCUT2D eigenvalue weighted by Crippen LogP contribution is -2.47. The van der Waals surface area contributed by atoms with E-state index in [4.69, 9.17) is 32.7 Å². The summed E-state index contributed by atoms with van der Waals surface area (Å²) in [6.07, 6.45) is -4.14. The predicted octanol–water partition coefficient (Wildman–Crippen LogP) is 4.12. The second kappa shape index (κ2) is 8.51. The first-order valence-electron chi connectivity index (χ1n) is 9.96. The zero-order valence-corrected chi connectivity index (χ0v) is 18.4. The van der Waals surface area contributed by atoms with Crippen LogP contribution in [0.2, 0.25) is 10.0 Å². The van der Waals surface area contributed by atoms with Crippen LogP contribution in [0.3, 0.4) is 0 Å². The lowest BCUT2D eigenvalue weighted by molar-refractivity contribution is -0.142. The van der Waals surface area contributed by atoms with Crippen LogP contribution in [-0.4, -0.2) is 70.3 Å². The number of ether oxygens (including phenoxy) is 2. The number of hydrogen-bond donors (Lipinski definition) is 0. The quantitative estimate of drug-likeness (QED) is 0.638. The van der Waals surface area contributed by atoms with Crippen molar-refractivity contribution >= 4 is 40.7 Å². The number of carbonyl (C=O) groups is 2. The molecule has 8 nitrogen and oxygen atoms in total. The molecule has 0 spiro atoms. The molecule has 0 unspecified atom stereocenters. The van der Waals surface area contributed by atoms with Gasteiger partial charge < -0.3 is 19.3 Å². The molecule has 32 heavy (non-hydrogen) atoms. The molecule has 0 N–H and O–H groups in total. The van der Waals surface area contributed by atoms with E-state index < -0.39 is 17.8 Å². The molecule has 4 heterocycles. The summed E-state index contributed by atoms with van der Waals surface area (Å²) < 4.78 is 51.7. The molecule has 2 aliphatic rings. The highest BCUT2D eigenvalue weighted by Gasteiger charge is 2.39. The van der Waals surface area contributed by atoms with Crippen LogP contribution in [0.5, 0.6) is 5.75 Å². The smallest absolute Gasteiger partial charge is 0.433 e. The summed E-state index contributed by atoms with van der Waals surface area (Å²) >= 11 is 12.6. The van der Waals surface area contributed by atoms with Gasteiger partial charge in [0, 0.05) is 25.2 Å². The van der Waals surface area contributed by atoms with E-state index in [2.05, 4.69) is 5.10 Å². The van der Waals surface area contributed by atoms with Crippen molar-refractivity contribution < 1.29 is 32.2 Å². The maximum Gasteiger partial charge on any atom is 0.433 e. The van der Waals surface area contributed by atoms with Crippen LogP contribution in [0.15, 0.2) is 6.07 Å². The predicted molar refractivity (Wildman–Crippen MR) is 108 cm³/mol. The number of carbonyl (C=O) groups excluding carboxylic acids is 2. The fraction of sp³-hybridized carbons (Fsp3) is 0.526. The van der Waals surface area contributed by atoms with E-state index in [0.29, 0.717) is 43.6 Å². The van der Waals surface area contributed by atoms with E-state index in [1.54, 1.807) is 11.8 Å². The van der Waals surface area contributed by atoms with E-state index in [-0.39, 0.29) is 45.7 Å². The number of amides is 2. The normalized spacial score (nSPS) is 17.9. The summed E-state index contributed by atoms with van der Waals surface area (Å²) in [5.41, 5.74) is -1.73. The second-order valence-electron chi connectivity index (χ2n) is 7.39. The molecule has 174 valence electrons. The summed E-state index contributed by atoms with van der Waals surface area (Å²) in [7, 11) is 0. The minimum atomic E-state index is -4.78. The molecule has 0 radical (unpaired) electrons. The van der Waals surface area contributed by atoms with E-state index in [9.17, 15) is 22.8 Å². The van der Waals surface area contributed by atoms with Crippen molar-refractivity contribution in [3.05, 3.63) is 27.5 Å². The number of aromatic nitrogens is 2. The van der Waals surface area contributed by atoms with Gasteiger partial charge >= 0.3 is 12.3 Å². The van der Waals surface area contributed by atoms with E-state index in [1.165, 1.54) is 4.90 Å². The monoisotopic (exact) mass is 494 g/mol. The summed E-state index contributed by atoms with van der Waals surface area (Å²) in [5.74, 6) is -0.809. The Morgan fingerprint density at radius 1 is 1.25 bits per heavy atom.